The Bertz CT molecular complexity index is 1140. The molecule has 2 aromatic heterocycles. The summed E-state index contributed by atoms with van der Waals surface area (Å²) in [6, 6.07) is 18.4. The molecule has 0 spiro atoms. The summed E-state index contributed by atoms with van der Waals surface area (Å²) in [5.41, 5.74) is 7.19. The van der Waals surface area contributed by atoms with Gasteiger partial charge in [-0.05, 0) is 50.5 Å². The minimum absolute atomic E-state index is 0.792. The summed E-state index contributed by atoms with van der Waals surface area (Å²) in [6.45, 7) is 4.14. The van der Waals surface area contributed by atoms with Crippen molar-refractivity contribution in [1.82, 2.24) is 14.8 Å². The van der Waals surface area contributed by atoms with Gasteiger partial charge in [0.2, 0.25) is 5.13 Å². The van der Waals surface area contributed by atoms with Crippen molar-refractivity contribution in [2.45, 2.75) is 26.2 Å². The Morgan fingerprint density at radius 3 is 2.57 bits per heavy atom. The van der Waals surface area contributed by atoms with Crippen LogP contribution < -0.4 is 10.3 Å². The van der Waals surface area contributed by atoms with E-state index in [1.165, 1.54) is 19.3 Å². The van der Waals surface area contributed by atoms with Crippen molar-refractivity contribution in [2.24, 2.45) is 5.10 Å². The highest BCUT2D eigenvalue weighted by molar-refractivity contribution is 7.22. The number of rotatable bonds is 5. The molecule has 1 N–H and O–H groups in total. The quantitative estimate of drug-likeness (QED) is 0.358. The van der Waals surface area contributed by atoms with E-state index in [0.29, 0.717) is 0 Å². The molecule has 4 aromatic rings. The Labute approximate surface area is 179 Å². The third-order valence-corrected chi connectivity index (χ3v) is 6.33. The summed E-state index contributed by atoms with van der Waals surface area (Å²) in [5, 5.41) is 10.2. The van der Waals surface area contributed by atoms with Gasteiger partial charge < -0.3 is 4.90 Å². The van der Waals surface area contributed by atoms with Gasteiger partial charge in [0.1, 0.15) is 5.82 Å². The third kappa shape index (κ3) is 3.68. The highest BCUT2D eigenvalue weighted by Gasteiger charge is 2.22. The van der Waals surface area contributed by atoms with Gasteiger partial charge in [0.05, 0.1) is 33.4 Å². The first-order chi connectivity index (χ1) is 14.8. The maximum absolute atomic E-state index is 4.86. The minimum Gasteiger partial charge on any atom is -0.356 e. The van der Waals surface area contributed by atoms with Crippen molar-refractivity contribution in [3.8, 4) is 5.69 Å². The fraction of sp³-hybridized carbons (Fsp3) is 0.261. The first-order valence-corrected chi connectivity index (χ1v) is 11.2. The smallest absolute Gasteiger partial charge is 0.204 e. The molecule has 5 rings (SSSR count). The molecule has 0 atom stereocenters. The van der Waals surface area contributed by atoms with E-state index in [9.17, 15) is 0 Å². The zero-order valence-corrected chi connectivity index (χ0v) is 17.8. The van der Waals surface area contributed by atoms with Crippen LogP contribution >= 0.6 is 11.3 Å². The molecule has 1 saturated heterocycles. The second kappa shape index (κ2) is 8.28. The predicted octanol–water partition coefficient (Wildman–Crippen LogP) is 5.23. The minimum atomic E-state index is 0.792. The fourth-order valence-corrected chi connectivity index (χ4v) is 4.73. The first-order valence-electron chi connectivity index (χ1n) is 10.3. The molecule has 0 aliphatic carbocycles. The van der Waals surface area contributed by atoms with Crippen LogP contribution in [0.25, 0.3) is 15.9 Å². The molecule has 7 heteroatoms. The van der Waals surface area contributed by atoms with Crippen LogP contribution in [0, 0.1) is 6.92 Å². The molecular weight excluding hydrogens is 392 g/mol. The summed E-state index contributed by atoms with van der Waals surface area (Å²) < 4.78 is 3.21. The van der Waals surface area contributed by atoms with Crippen LogP contribution in [0.4, 0.5) is 10.9 Å². The molecule has 0 radical (unpaired) electrons. The number of para-hydroxylation sites is 2. The first kappa shape index (κ1) is 18.8. The van der Waals surface area contributed by atoms with Gasteiger partial charge in [-0.1, -0.05) is 41.7 Å². The second-order valence-corrected chi connectivity index (χ2v) is 8.51. The van der Waals surface area contributed by atoms with Crippen molar-refractivity contribution in [3.05, 3.63) is 65.9 Å². The monoisotopic (exact) mass is 416 g/mol. The molecule has 6 nitrogen and oxygen atoms in total. The number of nitrogens with one attached hydrogen (secondary N) is 1. The fourth-order valence-electron chi connectivity index (χ4n) is 3.91. The highest BCUT2D eigenvalue weighted by atomic mass is 32.1. The van der Waals surface area contributed by atoms with E-state index >= 15 is 0 Å². The lowest BCUT2D eigenvalue weighted by Gasteiger charge is -2.29. The number of piperidine rings is 1. The van der Waals surface area contributed by atoms with E-state index in [-0.39, 0.29) is 0 Å². The molecule has 0 amide bonds. The standard InChI is InChI=1S/C23H24N6S/c1-17-19(16-24-26-23-25-20-12-6-7-13-21(20)30-23)22(28-14-8-3-9-15-28)29(27-17)18-10-4-2-5-11-18/h2,4-7,10-13,16H,3,8-9,14-15H2,1H3,(H,25,26). The van der Waals surface area contributed by atoms with Crippen LogP contribution in [0.15, 0.2) is 59.7 Å². The lowest BCUT2D eigenvalue weighted by atomic mass is 10.1. The average molecular weight is 417 g/mol. The van der Waals surface area contributed by atoms with Crippen LogP contribution in [-0.4, -0.2) is 34.1 Å². The van der Waals surface area contributed by atoms with Gasteiger partial charge in [0.15, 0.2) is 0 Å². The summed E-state index contributed by atoms with van der Waals surface area (Å²) in [5.74, 6) is 1.12. The summed E-state index contributed by atoms with van der Waals surface area (Å²) in [7, 11) is 0. The molecule has 0 bridgehead atoms. The Morgan fingerprint density at radius 2 is 1.77 bits per heavy atom. The van der Waals surface area contributed by atoms with Crippen LogP contribution in [0.2, 0.25) is 0 Å². The Morgan fingerprint density at radius 1 is 1.00 bits per heavy atom. The summed E-state index contributed by atoms with van der Waals surface area (Å²) in [4.78, 5) is 7.03. The molecule has 1 aliphatic rings. The SMILES string of the molecule is Cc1nn(-c2ccccc2)c(N2CCCCC2)c1C=NNc1nc2ccccc2s1. The molecule has 30 heavy (non-hydrogen) atoms. The van der Waals surface area contributed by atoms with Crippen LogP contribution in [0.3, 0.4) is 0 Å². The van der Waals surface area contributed by atoms with E-state index in [4.69, 9.17) is 5.10 Å². The van der Waals surface area contributed by atoms with Gasteiger partial charge in [-0.25, -0.2) is 9.67 Å². The van der Waals surface area contributed by atoms with Crippen molar-refractivity contribution in [3.63, 3.8) is 0 Å². The van der Waals surface area contributed by atoms with Crippen LogP contribution in [0.5, 0.6) is 0 Å². The number of hydrogen-bond donors (Lipinski definition) is 1. The van der Waals surface area contributed by atoms with Gasteiger partial charge in [-0.3, -0.25) is 5.43 Å². The number of thiazole rings is 1. The average Bonchev–Trinajstić information content (AvgIpc) is 3.36. The molecule has 0 saturated carbocycles. The maximum Gasteiger partial charge on any atom is 0.204 e. The predicted molar refractivity (Wildman–Crippen MR) is 125 cm³/mol. The van der Waals surface area contributed by atoms with Crippen LogP contribution in [-0.2, 0) is 0 Å². The zero-order chi connectivity index (χ0) is 20.3. The molecule has 3 heterocycles. The topological polar surface area (TPSA) is 58.3 Å². The zero-order valence-electron chi connectivity index (χ0n) is 17.0. The van der Waals surface area contributed by atoms with Crippen molar-refractivity contribution in [1.29, 1.82) is 0 Å². The van der Waals surface area contributed by atoms with Crippen molar-refractivity contribution >= 4 is 38.7 Å². The van der Waals surface area contributed by atoms with Crippen LogP contribution in [0.1, 0.15) is 30.5 Å². The van der Waals surface area contributed by atoms with Gasteiger partial charge in [-0.2, -0.15) is 10.2 Å². The number of nitrogens with zero attached hydrogens (tertiary/aromatic N) is 5. The van der Waals surface area contributed by atoms with Gasteiger partial charge in [0, 0.05) is 13.1 Å². The molecule has 2 aromatic carbocycles. The van der Waals surface area contributed by atoms with E-state index in [1.807, 2.05) is 37.4 Å². The molecule has 0 unspecified atom stereocenters. The normalized spacial score (nSPS) is 14.6. The molecule has 1 fully saturated rings. The van der Waals surface area contributed by atoms with Crippen molar-refractivity contribution < 1.29 is 0 Å². The number of anilines is 2. The van der Waals surface area contributed by atoms with Gasteiger partial charge >= 0.3 is 0 Å². The number of hydrogen-bond acceptors (Lipinski definition) is 6. The van der Waals surface area contributed by atoms with E-state index in [0.717, 1.165) is 51.2 Å². The lowest BCUT2D eigenvalue weighted by Crippen LogP contribution is -2.32. The third-order valence-electron chi connectivity index (χ3n) is 5.39. The number of aryl methyl sites for hydroxylation is 1. The number of aromatic nitrogens is 3. The highest BCUT2D eigenvalue weighted by Crippen LogP contribution is 2.29. The van der Waals surface area contributed by atoms with Gasteiger partial charge in [-0.15, -0.1) is 0 Å². The number of benzene rings is 2. The lowest BCUT2D eigenvalue weighted by molar-refractivity contribution is 0.567. The number of fused-ring (bicyclic) bond motifs is 1. The Balaban J connectivity index is 1.48. The molecule has 152 valence electrons. The van der Waals surface area contributed by atoms with E-state index in [2.05, 4.69) is 55.4 Å². The second-order valence-electron chi connectivity index (χ2n) is 7.47. The van der Waals surface area contributed by atoms with E-state index < -0.39 is 0 Å². The Kier molecular flexibility index (Phi) is 5.19. The summed E-state index contributed by atoms with van der Waals surface area (Å²) in [6.07, 6.45) is 5.59. The van der Waals surface area contributed by atoms with Gasteiger partial charge in [0.25, 0.3) is 0 Å². The Hall–Kier alpha value is -3.19. The largest absolute Gasteiger partial charge is 0.356 e. The summed E-state index contributed by atoms with van der Waals surface area (Å²) >= 11 is 1.60. The molecule has 1 aliphatic heterocycles. The van der Waals surface area contributed by atoms with Crippen molar-refractivity contribution in [2.75, 3.05) is 23.4 Å². The molecular formula is C23H24N6S. The maximum atomic E-state index is 4.86. The van der Waals surface area contributed by atoms with E-state index in [1.54, 1.807) is 11.3 Å². The number of hydrazone groups is 1.